The second-order valence-electron chi connectivity index (χ2n) is 3.57. The molecule has 17 heavy (non-hydrogen) atoms. The molecule has 0 saturated carbocycles. The SMILES string of the molecule is Fc1ccc(Cl)cc1CNc1ccccc1I. The molecule has 0 fully saturated rings. The van der Waals surface area contributed by atoms with Crippen LogP contribution in [0.2, 0.25) is 5.02 Å². The van der Waals surface area contributed by atoms with E-state index < -0.39 is 0 Å². The third-order valence-corrected chi connectivity index (χ3v) is 3.53. The summed E-state index contributed by atoms with van der Waals surface area (Å²) in [6.07, 6.45) is 0. The molecule has 0 radical (unpaired) electrons. The average molecular weight is 362 g/mol. The molecule has 1 N–H and O–H groups in total. The van der Waals surface area contributed by atoms with Crippen LogP contribution in [0, 0.1) is 9.39 Å². The van der Waals surface area contributed by atoms with Crippen LogP contribution in [0.5, 0.6) is 0 Å². The molecule has 0 spiro atoms. The first kappa shape index (κ1) is 12.6. The quantitative estimate of drug-likeness (QED) is 0.782. The summed E-state index contributed by atoms with van der Waals surface area (Å²) < 4.78 is 14.6. The van der Waals surface area contributed by atoms with Gasteiger partial charge in [0, 0.05) is 26.4 Å². The largest absolute Gasteiger partial charge is 0.380 e. The summed E-state index contributed by atoms with van der Waals surface area (Å²) in [7, 11) is 0. The van der Waals surface area contributed by atoms with Crippen LogP contribution in [-0.2, 0) is 6.54 Å². The normalized spacial score (nSPS) is 10.3. The number of benzene rings is 2. The van der Waals surface area contributed by atoms with Crippen molar-refractivity contribution in [2.45, 2.75) is 6.54 Å². The highest BCUT2D eigenvalue weighted by Gasteiger charge is 2.04. The lowest BCUT2D eigenvalue weighted by atomic mass is 10.2. The van der Waals surface area contributed by atoms with Crippen LogP contribution in [0.25, 0.3) is 0 Å². The van der Waals surface area contributed by atoms with Crippen LogP contribution in [0.1, 0.15) is 5.56 Å². The predicted molar refractivity (Wildman–Crippen MR) is 77.9 cm³/mol. The number of hydrogen-bond donors (Lipinski definition) is 1. The summed E-state index contributed by atoms with van der Waals surface area (Å²) in [6.45, 7) is 0.423. The van der Waals surface area contributed by atoms with Crippen molar-refractivity contribution in [2.24, 2.45) is 0 Å². The van der Waals surface area contributed by atoms with E-state index in [0.717, 1.165) is 9.26 Å². The molecular weight excluding hydrogens is 352 g/mol. The topological polar surface area (TPSA) is 12.0 Å². The van der Waals surface area contributed by atoms with Crippen LogP contribution < -0.4 is 5.32 Å². The monoisotopic (exact) mass is 361 g/mol. The van der Waals surface area contributed by atoms with Crippen molar-refractivity contribution in [2.75, 3.05) is 5.32 Å². The lowest BCUT2D eigenvalue weighted by molar-refractivity contribution is 0.613. The van der Waals surface area contributed by atoms with E-state index in [2.05, 4.69) is 27.9 Å². The molecule has 0 amide bonds. The Balaban J connectivity index is 2.12. The number of anilines is 1. The van der Waals surface area contributed by atoms with E-state index in [-0.39, 0.29) is 5.82 Å². The van der Waals surface area contributed by atoms with Gasteiger partial charge in [-0.1, -0.05) is 23.7 Å². The van der Waals surface area contributed by atoms with Crippen molar-refractivity contribution < 1.29 is 4.39 Å². The zero-order chi connectivity index (χ0) is 12.3. The van der Waals surface area contributed by atoms with Crippen molar-refractivity contribution >= 4 is 39.9 Å². The molecule has 0 bridgehead atoms. The third kappa shape index (κ3) is 3.33. The van der Waals surface area contributed by atoms with Crippen molar-refractivity contribution in [3.63, 3.8) is 0 Å². The lowest BCUT2D eigenvalue weighted by Gasteiger charge is -2.09. The summed E-state index contributed by atoms with van der Waals surface area (Å²) in [6, 6.07) is 12.4. The molecule has 0 saturated heterocycles. The Kier molecular flexibility index (Phi) is 4.23. The molecule has 88 valence electrons. The van der Waals surface area contributed by atoms with Gasteiger partial charge in [0.15, 0.2) is 0 Å². The molecule has 2 aromatic rings. The zero-order valence-corrected chi connectivity index (χ0v) is 11.8. The van der Waals surface area contributed by atoms with Crippen LogP contribution in [-0.4, -0.2) is 0 Å². The van der Waals surface area contributed by atoms with Gasteiger partial charge in [0.2, 0.25) is 0 Å². The van der Waals surface area contributed by atoms with Gasteiger partial charge in [-0.15, -0.1) is 0 Å². The third-order valence-electron chi connectivity index (χ3n) is 2.35. The van der Waals surface area contributed by atoms with Gasteiger partial charge in [-0.3, -0.25) is 0 Å². The van der Waals surface area contributed by atoms with Gasteiger partial charge < -0.3 is 5.32 Å². The van der Waals surface area contributed by atoms with Crippen molar-refractivity contribution in [1.82, 2.24) is 0 Å². The Hall–Kier alpha value is -0.810. The Morgan fingerprint density at radius 1 is 1.18 bits per heavy atom. The zero-order valence-electron chi connectivity index (χ0n) is 8.88. The maximum absolute atomic E-state index is 13.5. The van der Waals surface area contributed by atoms with Crippen LogP contribution in [0.15, 0.2) is 42.5 Å². The fourth-order valence-electron chi connectivity index (χ4n) is 1.47. The Bertz CT molecular complexity index is 531. The number of rotatable bonds is 3. The van der Waals surface area contributed by atoms with E-state index in [1.807, 2.05) is 24.3 Å². The van der Waals surface area contributed by atoms with Gasteiger partial charge in [-0.2, -0.15) is 0 Å². The minimum absolute atomic E-state index is 0.243. The number of halogens is 3. The predicted octanol–water partition coefficient (Wildman–Crippen LogP) is 4.70. The molecule has 0 unspecified atom stereocenters. The summed E-state index contributed by atoms with van der Waals surface area (Å²) in [5.74, 6) is -0.243. The fourth-order valence-corrected chi connectivity index (χ4v) is 2.25. The number of para-hydroxylation sites is 1. The second-order valence-corrected chi connectivity index (χ2v) is 5.17. The summed E-state index contributed by atoms with van der Waals surface area (Å²) >= 11 is 8.07. The highest BCUT2D eigenvalue weighted by Crippen LogP contribution is 2.20. The lowest BCUT2D eigenvalue weighted by Crippen LogP contribution is -2.02. The number of hydrogen-bond acceptors (Lipinski definition) is 1. The average Bonchev–Trinajstić information content (AvgIpc) is 2.32. The molecule has 0 aliphatic heterocycles. The van der Waals surface area contributed by atoms with Crippen molar-refractivity contribution in [3.05, 3.63) is 62.4 Å². The Labute approximate surface area is 118 Å². The molecule has 0 atom stereocenters. The standard InChI is InChI=1S/C13H10ClFIN/c14-10-5-6-11(15)9(7-10)8-17-13-4-2-1-3-12(13)16/h1-7,17H,8H2. The molecule has 2 aromatic carbocycles. The van der Waals surface area contributed by atoms with Gasteiger partial charge in [0.05, 0.1) is 0 Å². The maximum atomic E-state index is 13.5. The van der Waals surface area contributed by atoms with E-state index in [9.17, 15) is 4.39 Å². The fraction of sp³-hybridized carbons (Fsp3) is 0.0769. The molecule has 1 nitrogen and oxygen atoms in total. The van der Waals surface area contributed by atoms with Gasteiger partial charge in [0.1, 0.15) is 5.82 Å². The van der Waals surface area contributed by atoms with Gasteiger partial charge >= 0.3 is 0 Å². The first-order valence-corrected chi connectivity index (χ1v) is 6.55. The van der Waals surface area contributed by atoms with E-state index in [4.69, 9.17) is 11.6 Å². The van der Waals surface area contributed by atoms with Crippen molar-refractivity contribution in [3.8, 4) is 0 Å². The van der Waals surface area contributed by atoms with Crippen LogP contribution in [0.4, 0.5) is 10.1 Å². The first-order valence-electron chi connectivity index (χ1n) is 5.09. The first-order chi connectivity index (χ1) is 8.16. The summed E-state index contributed by atoms with van der Waals surface area (Å²) in [5, 5.41) is 3.74. The molecule has 0 heterocycles. The summed E-state index contributed by atoms with van der Waals surface area (Å²) in [4.78, 5) is 0. The van der Waals surface area contributed by atoms with Gasteiger partial charge in [0.25, 0.3) is 0 Å². The van der Waals surface area contributed by atoms with Crippen molar-refractivity contribution in [1.29, 1.82) is 0 Å². The van der Waals surface area contributed by atoms with Crippen LogP contribution >= 0.6 is 34.2 Å². The minimum atomic E-state index is -0.243. The minimum Gasteiger partial charge on any atom is -0.380 e. The molecule has 0 aliphatic carbocycles. The molecule has 0 aliphatic rings. The van der Waals surface area contributed by atoms with Gasteiger partial charge in [-0.05, 0) is 52.9 Å². The van der Waals surface area contributed by atoms with E-state index in [1.165, 1.54) is 6.07 Å². The number of nitrogens with one attached hydrogen (secondary N) is 1. The Morgan fingerprint density at radius 3 is 2.71 bits per heavy atom. The molecule has 4 heteroatoms. The van der Waals surface area contributed by atoms with E-state index >= 15 is 0 Å². The second kappa shape index (κ2) is 5.69. The highest BCUT2D eigenvalue weighted by molar-refractivity contribution is 14.1. The molecule has 2 rings (SSSR count). The molecular formula is C13H10ClFIN. The molecule has 0 aromatic heterocycles. The Morgan fingerprint density at radius 2 is 1.94 bits per heavy atom. The smallest absolute Gasteiger partial charge is 0.128 e. The highest BCUT2D eigenvalue weighted by atomic mass is 127. The summed E-state index contributed by atoms with van der Waals surface area (Å²) in [5.41, 5.74) is 1.56. The van der Waals surface area contributed by atoms with E-state index in [0.29, 0.717) is 17.1 Å². The maximum Gasteiger partial charge on any atom is 0.128 e. The van der Waals surface area contributed by atoms with E-state index in [1.54, 1.807) is 12.1 Å². The van der Waals surface area contributed by atoms with Gasteiger partial charge in [-0.25, -0.2) is 4.39 Å². The van der Waals surface area contributed by atoms with Crippen LogP contribution in [0.3, 0.4) is 0 Å².